The highest BCUT2D eigenvalue weighted by Crippen LogP contribution is 2.01. The van der Waals surface area contributed by atoms with Gasteiger partial charge >= 0.3 is 0 Å². The first kappa shape index (κ1) is 12.4. The minimum Gasteiger partial charge on any atom is -0.394 e. The monoisotopic (exact) mass is 216 g/mol. The summed E-state index contributed by atoms with van der Waals surface area (Å²) in [4.78, 5) is 13.5. The summed E-state index contributed by atoms with van der Waals surface area (Å²) < 4.78 is 5.16. The Morgan fingerprint density at radius 1 is 1.47 bits per heavy atom. The second-order valence-corrected chi connectivity index (χ2v) is 4.39. The first-order valence-electron chi connectivity index (χ1n) is 5.26. The number of carbonyl (C=O) groups excluding carboxylic acids is 1. The summed E-state index contributed by atoms with van der Waals surface area (Å²) in [7, 11) is 0. The number of aliphatic hydroxyl groups excluding tert-OH is 1. The van der Waals surface area contributed by atoms with Gasteiger partial charge in [-0.25, -0.2) is 0 Å². The fourth-order valence-corrected chi connectivity index (χ4v) is 1.30. The van der Waals surface area contributed by atoms with Gasteiger partial charge in [0, 0.05) is 18.6 Å². The van der Waals surface area contributed by atoms with Crippen LogP contribution in [0.5, 0.6) is 0 Å². The minimum atomic E-state index is -0.401. The zero-order valence-corrected chi connectivity index (χ0v) is 9.45. The fraction of sp³-hybridized carbons (Fsp3) is 0.900. The average molecular weight is 216 g/mol. The molecule has 0 bridgehead atoms. The fourth-order valence-electron chi connectivity index (χ4n) is 1.30. The van der Waals surface area contributed by atoms with Crippen molar-refractivity contribution in [3.05, 3.63) is 0 Å². The lowest BCUT2D eigenvalue weighted by molar-refractivity contribution is -0.134. The van der Waals surface area contributed by atoms with Crippen molar-refractivity contribution >= 4 is 5.91 Å². The highest BCUT2D eigenvalue weighted by Gasteiger charge is 2.20. The van der Waals surface area contributed by atoms with E-state index in [9.17, 15) is 4.79 Å². The molecule has 1 aliphatic rings. The number of aliphatic hydroxyl groups is 1. The van der Waals surface area contributed by atoms with Crippen LogP contribution in [0.4, 0.5) is 0 Å². The molecule has 0 spiro atoms. The maximum atomic E-state index is 11.7. The molecule has 88 valence electrons. The van der Waals surface area contributed by atoms with Gasteiger partial charge in [0.2, 0.25) is 5.91 Å². The van der Waals surface area contributed by atoms with Gasteiger partial charge in [-0.2, -0.15) is 0 Å². The Morgan fingerprint density at radius 2 is 2.07 bits per heavy atom. The number of nitrogens with one attached hydrogen (secondary N) is 1. The second kappa shape index (κ2) is 5.44. The van der Waals surface area contributed by atoms with Gasteiger partial charge in [-0.1, -0.05) is 0 Å². The normalized spacial score (nSPS) is 17.9. The van der Waals surface area contributed by atoms with Crippen LogP contribution in [0.3, 0.4) is 0 Å². The van der Waals surface area contributed by atoms with E-state index in [0.717, 1.165) is 0 Å². The van der Waals surface area contributed by atoms with Gasteiger partial charge in [0.15, 0.2) is 0 Å². The molecule has 1 heterocycles. The average Bonchev–Trinajstić information content (AvgIpc) is 2.27. The third-order valence-corrected chi connectivity index (χ3v) is 2.48. The molecule has 0 atom stereocenters. The molecule has 1 fully saturated rings. The molecule has 0 aromatic carbocycles. The molecule has 1 aliphatic heterocycles. The van der Waals surface area contributed by atoms with Crippen molar-refractivity contribution in [3.63, 3.8) is 0 Å². The van der Waals surface area contributed by atoms with Crippen molar-refractivity contribution in [2.75, 3.05) is 39.5 Å². The summed E-state index contributed by atoms with van der Waals surface area (Å²) in [6.07, 6.45) is 0. The number of amides is 1. The van der Waals surface area contributed by atoms with Crippen LogP contribution in [-0.4, -0.2) is 60.9 Å². The molecular formula is C10H20N2O3. The summed E-state index contributed by atoms with van der Waals surface area (Å²) in [6, 6.07) is 0. The van der Waals surface area contributed by atoms with Gasteiger partial charge < -0.3 is 20.1 Å². The zero-order valence-electron chi connectivity index (χ0n) is 9.45. The molecule has 5 nitrogen and oxygen atoms in total. The third kappa shape index (κ3) is 4.15. The van der Waals surface area contributed by atoms with Crippen LogP contribution < -0.4 is 5.32 Å². The quantitative estimate of drug-likeness (QED) is 0.646. The molecule has 0 aromatic rings. The largest absolute Gasteiger partial charge is 0.394 e. The number of hydrogen-bond acceptors (Lipinski definition) is 4. The summed E-state index contributed by atoms with van der Waals surface area (Å²) in [6.45, 7) is 6.58. The molecule has 5 heteroatoms. The van der Waals surface area contributed by atoms with E-state index in [2.05, 4.69) is 5.32 Å². The van der Waals surface area contributed by atoms with Crippen LogP contribution in [0.15, 0.2) is 0 Å². The zero-order chi connectivity index (χ0) is 11.3. The van der Waals surface area contributed by atoms with Crippen molar-refractivity contribution in [1.82, 2.24) is 10.2 Å². The Bertz CT molecular complexity index is 213. The Hall–Kier alpha value is -0.650. The molecule has 1 saturated heterocycles. The van der Waals surface area contributed by atoms with Crippen molar-refractivity contribution < 1.29 is 14.6 Å². The first-order chi connectivity index (χ1) is 7.05. The Morgan fingerprint density at radius 3 is 2.60 bits per heavy atom. The van der Waals surface area contributed by atoms with E-state index in [1.807, 2.05) is 13.8 Å². The smallest absolute Gasteiger partial charge is 0.236 e. The molecule has 0 unspecified atom stereocenters. The lowest BCUT2D eigenvalue weighted by atomic mass is 10.1. The van der Waals surface area contributed by atoms with Gasteiger partial charge in [-0.3, -0.25) is 4.79 Å². The molecule has 0 aliphatic carbocycles. The maximum absolute atomic E-state index is 11.7. The van der Waals surface area contributed by atoms with E-state index in [1.165, 1.54) is 0 Å². The van der Waals surface area contributed by atoms with Crippen molar-refractivity contribution in [2.24, 2.45) is 0 Å². The molecule has 1 rings (SSSR count). The SMILES string of the molecule is CC(C)(CO)NCC(=O)N1CCOCC1. The number of rotatable bonds is 4. The molecular weight excluding hydrogens is 196 g/mol. The summed E-state index contributed by atoms with van der Waals surface area (Å²) in [5.41, 5.74) is -0.401. The molecule has 0 saturated carbocycles. The number of nitrogens with zero attached hydrogens (tertiary/aromatic N) is 1. The number of ether oxygens (including phenoxy) is 1. The van der Waals surface area contributed by atoms with Crippen molar-refractivity contribution in [3.8, 4) is 0 Å². The number of hydrogen-bond donors (Lipinski definition) is 2. The second-order valence-electron chi connectivity index (χ2n) is 4.39. The van der Waals surface area contributed by atoms with Crippen LogP contribution in [0, 0.1) is 0 Å². The summed E-state index contributed by atoms with van der Waals surface area (Å²) in [5.74, 6) is 0.0693. The van der Waals surface area contributed by atoms with Gasteiger partial charge in [0.1, 0.15) is 0 Å². The van der Waals surface area contributed by atoms with Crippen LogP contribution in [0.1, 0.15) is 13.8 Å². The van der Waals surface area contributed by atoms with Gasteiger partial charge in [0.05, 0.1) is 26.4 Å². The number of morpholine rings is 1. The highest BCUT2D eigenvalue weighted by molar-refractivity contribution is 5.78. The van der Waals surface area contributed by atoms with E-state index < -0.39 is 5.54 Å². The van der Waals surface area contributed by atoms with Gasteiger partial charge in [-0.15, -0.1) is 0 Å². The number of carbonyl (C=O) groups is 1. The van der Waals surface area contributed by atoms with E-state index >= 15 is 0 Å². The standard InChI is InChI=1S/C10H20N2O3/c1-10(2,8-13)11-7-9(14)12-3-5-15-6-4-12/h11,13H,3-8H2,1-2H3. The van der Waals surface area contributed by atoms with Crippen LogP contribution >= 0.6 is 0 Å². The van der Waals surface area contributed by atoms with Crippen LogP contribution in [0.25, 0.3) is 0 Å². The van der Waals surface area contributed by atoms with E-state index in [4.69, 9.17) is 9.84 Å². The minimum absolute atomic E-state index is 0.0173. The first-order valence-corrected chi connectivity index (χ1v) is 5.26. The predicted molar refractivity (Wildman–Crippen MR) is 56.6 cm³/mol. The molecule has 1 amide bonds. The van der Waals surface area contributed by atoms with Crippen molar-refractivity contribution in [2.45, 2.75) is 19.4 Å². The van der Waals surface area contributed by atoms with E-state index in [0.29, 0.717) is 26.3 Å². The highest BCUT2D eigenvalue weighted by atomic mass is 16.5. The van der Waals surface area contributed by atoms with E-state index in [1.54, 1.807) is 4.90 Å². The lowest BCUT2D eigenvalue weighted by Gasteiger charge is -2.29. The van der Waals surface area contributed by atoms with Crippen LogP contribution in [-0.2, 0) is 9.53 Å². The Kier molecular flexibility index (Phi) is 4.50. The molecule has 2 N–H and O–H groups in total. The Balaban J connectivity index is 2.28. The van der Waals surface area contributed by atoms with Crippen molar-refractivity contribution in [1.29, 1.82) is 0 Å². The topological polar surface area (TPSA) is 61.8 Å². The van der Waals surface area contributed by atoms with Crippen LogP contribution in [0.2, 0.25) is 0 Å². The summed E-state index contributed by atoms with van der Waals surface area (Å²) >= 11 is 0. The van der Waals surface area contributed by atoms with Gasteiger partial charge in [0.25, 0.3) is 0 Å². The molecule has 0 aromatic heterocycles. The lowest BCUT2D eigenvalue weighted by Crippen LogP contribution is -2.50. The predicted octanol–water partition coefficient (Wildman–Crippen LogP) is -0.794. The summed E-state index contributed by atoms with van der Waals surface area (Å²) in [5, 5.41) is 12.0. The molecule has 0 radical (unpaired) electrons. The molecule has 15 heavy (non-hydrogen) atoms. The Labute approximate surface area is 90.4 Å². The maximum Gasteiger partial charge on any atom is 0.236 e. The van der Waals surface area contributed by atoms with Gasteiger partial charge in [-0.05, 0) is 13.8 Å². The third-order valence-electron chi connectivity index (χ3n) is 2.48. The van der Waals surface area contributed by atoms with E-state index in [-0.39, 0.29) is 19.1 Å².